The highest BCUT2D eigenvalue weighted by atomic mass is 32.2. The molecule has 0 radical (unpaired) electrons. The fourth-order valence-electron chi connectivity index (χ4n) is 3.53. The zero-order chi connectivity index (χ0) is 19.3. The SMILES string of the molecule is CCC(CC)C(CS(=O)(=O)N1CCc2ccc(OC)cc2C1)N(O)C=O. The Labute approximate surface area is 155 Å². The second-order valence-electron chi connectivity index (χ2n) is 6.63. The summed E-state index contributed by atoms with van der Waals surface area (Å²) in [5.74, 6) is 0.325. The molecule has 8 heteroatoms. The van der Waals surface area contributed by atoms with Crippen LogP contribution in [0.2, 0.25) is 0 Å². The number of nitrogens with zero attached hydrogens (tertiary/aromatic N) is 2. The van der Waals surface area contributed by atoms with Crippen molar-refractivity contribution in [2.75, 3.05) is 19.4 Å². The summed E-state index contributed by atoms with van der Waals surface area (Å²) in [4.78, 5) is 11.0. The van der Waals surface area contributed by atoms with Crippen molar-refractivity contribution in [3.8, 4) is 5.75 Å². The van der Waals surface area contributed by atoms with Crippen molar-refractivity contribution in [3.63, 3.8) is 0 Å². The first-order valence-corrected chi connectivity index (χ1v) is 10.5. The van der Waals surface area contributed by atoms with Crippen molar-refractivity contribution >= 4 is 16.4 Å². The molecule has 1 atom stereocenters. The molecule has 0 bridgehead atoms. The molecule has 1 aromatic carbocycles. The Bertz CT molecular complexity index is 718. The Hall–Kier alpha value is -1.64. The van der Waals surface area contributed by atoms with E-state index in [1.165, 1.54) is 4.31 Å². The molecule has 0 spiro atoms. The molecule has 0 aliphatic carbocycles. The number of carbonyl (C=O) groups is 1. The number of fused-ring (bicyclic) bond motifs is 1. The van der Waals surface area contributed by atoms with E-state index in [1.807, 2.05) is 32.0 Å². The van der Waals surface area contributed by atoms with Gasteiger partial charge in [0.15, 0.2) is 0 Å². The summed E-state index contributed by atoms with van der Waals surface area (Å²) < 4.78 is 32.6. The molecule has 1 aliphatic heterocycles. The monoisotopic (exact) mass is 384 g/mol. The van der Waals surface area contributed by atoms with Crippen molar-refractivity contribution < 1.29 is 23.2 Å². The van der Waals surface area contributed by atoms with Gasteiger partial charge in [-0.1, -0.05) is 32.8 Å². The van der Waals surface area contributed by atoms with Crippen molar-refractivity contribution in [1.29, 1.82) is 0 Å². The fraction of sp³-hybridized carbons (Fsp3) is 0.611. The highest BCUT2D eigenvalue weighted by Crippen LogP contribution is 2.27. The van der Waals surface area contributed by atoms with Crippen LogP contribution in [0.1, 0.15) is 37.8 Å². The zero-order valence-electron chi connectivity index (χ0n) is 15.6. The highest BCUT2D eigenvalue weighted by Gasteiger charge is 2.34. The minimum Gasteiger partial charge on any atom is -0.497 e. The predicted molar refractivity (Wildman–Crippen MR) is 98.4 cm³/mol. The summed E-state index contributed by atoms with van der Waals surface area (Å²) in [5.41, 5.74) is 2.04. The Morgan fingerprint density at radius 2 is 2.00 bits per heavy atom. The number of ether oxygens (including phenoxy) is 1. The lowest BCUT2D eigenvalue weighted by atomic mass is 9.95. The Morgan fingerprint density at radius 3 is 2.58 bits per heavy atom. The van der Waals surface area contributed by atoms with Crippen LogP contribution in [0, 0.1) is 5.92 Å². The number of hydrogen-bond donors (Lipinski definition) is 1. The average Bonchev–Trinajstić information content (AvgIpc) is 2.66. The van der Waals surface area contributed by atoms with Gasteiger partial charge in [0.25, 0.3) is 0 Å². The lowest BCUT2D eigenvalue weighted by molar-refractivity contribution is -0.163. The molecule has 2 rings (SSSR count). The molecule has 1 N–H and O–H groups in total. The highest BCUT2D eigenvalue weighted by molar-refractivity contribution is 7.89. The first kappa shape index (κ1) is 20.7. The first-order valence-electron chi connectivity index (χ1n) is 8.92. The van der Waals surface area contributed by atoms with E-state index in [1.54, 1.807) is 7.11 Å². The van der Waals surface area contributed by atoms with Gasteiger partial charge in [0, 0.05) is 13.1 Å². The number of benzene rings is 1. The third kappa shape index (κ3) is 4.55. The number of hydroxylamine groups is 2. The predicted octanol–water partition coefficient (Wildman–Crippen LogP) is 2.04. The first-order chi connectivity index (χ1) is 12.4. The van der Waals surface area contributed by atoms with Crippen LogP contribution < -0.4 is 4.74 Å². The van der Waals surface area contributed by atoms with Crippen LogP contribution >= 0.6 is 0 Å². The zero-order valence-corrected chi connectivity index (χ0v) is 16.4. The topological polar surface area (TPSA) is 87.2 Å². The standard InChI is InChI=1S/C18H28N2O5S/c1-4-14(5-2)18(20(22)13-21)12-26(23,24)19-9-8-15-6-7-17(25-3)10-16(15)11-19/h6-7,10,13-14,18,22H,4-5,8-9,11-12H2,1-3H3. The smallest absolute Gasteiger partial charge is 0.233 e. The van der Waals surface area contributed by atoms with Crippen LogP contribution in [-0.2, 0) is 27.8 Å². The van der Waals surface area contributed by atoms with E-state index in [0.29, 0.717) is 36.6 Å². The van der Waals surface area contributed by atoms with E-state index in [4.69, 9.17) is 4.74 Å². The maximum Gasteiger partial charge on any atom is 0.233 e. The summed E-state index contributed by atoms with van der Waals surface area (Å²) in [6.45, 7) is 4.52. The quantitative estimate of drug-likeness (QED) is 0.400. The third-order valence-electron chi connectivity index (χ3n) is 5.21. The van der Waals surface area contributed by atoms with E-state index in [2.05, 4.69) is 0 Å². The minimum absolute atomic E-state index is 0.0860. The van der Waals surface area contributed by atoms with Gasteiger partial charge in [0.1, 0.15) is 5.75 Å². The molecule has 0 saturated heterocycles. The summed E-state index contributed by atoms with van der Waals surface area (Å²) in [7, 11) is -2.06. The van der Waals surface area contributed by atoms with Gasteiger partial charge in [-0.25, -0.2) is 13.5 Å². The van der Waals surface area contributed by atoms with Crippen molar-refractivity contribution in [3.05, 3.63) is 29.3 Å². The van der Waals surface area contributed by atoms with E-state index in [0.717, 1.165) is 11.1 Å². The second-order valence-corrected chi connectivity index (χ2v) is 8.64. The number of methoxy groups -OCH3 is 1. The van der Waals surface area contributed by atoms with Gasteiger partial charge in [0.05, 0.1) is 18.9 Å². The second kappa shape index (κ2) is 8.83. The Kier molecular flexibility index (Phi) is 7.02. The normalized spacial score (nSPS) is 16.2. The summed E-state index contributed by atoms with van der Waals surface area (Å²) in [5, 5.41) is 10.4. The van der Waals surface area contributed by atoms with E-state index in [-0.39, 0.29) is 24.6 Å². The fourth-order valence-corrected chi connectivity index (χ4v) is 5.31. The molecule has 1 unspecified atom stereocenters. The average molecular weight is 384 g/mol. The summed E-state index contributed by atoms with van der Waals surface area (Å²) in [6.07, 6.45) is 2.28. The number of carbonyl (C=O) groups excluding carboxylic acids is 1. The molecule has 1 amide bonds. The molecule has 1 aromatic rings. The Morgan fingerprint density at radius 1 is 1.31 bits per heavy atom. The van der Waals surface area contributed by atoms with Gasteiger partial charge < -0.3 is 4.74 Å². The molecule has 1 heterocycles. The molecule has 7 nitrogen and oxygen atoms in total. The molecule has 1 aliphatic rings. The van der Waals surface area contributed by atoms with Crippen LogP contribution in [-0.4, -0.2) is 54.9 Å². The third-order valence-corrected chi connectivity index (χ3v) is 7.07. The maximum absolute atomic E-state index is 13.0. The van der Waals surface area contributed by atoms with Gasteiger partial charge >= 0.3 is 0 Å². The van der Waals surface area contributed by atoms with E-state index in [9.17, 15) is 18.4 Å². The molecular weight excluding hydrogens is 356 g/mol. The Balaban J connectivity index is 2.21. The van der Waals surface area contributed by atoms with Crippen molar-refractivity contribution in [2.24, 2.45) is 5.92 Å². The van der Waals surface area contributed by atoms with Crippen LogP contribution in [0.25, 0.3) is 0 Å². The minimum atomic E-state index is -3.63. The molecule has 146 valence electrons. The van der Waals surface area contributed by atoms with Gasteiger partial charge in [-0.2, -0.15) is 4.31 Å². The van der Waals surface area contributed by atoms with E-state index >= 15 is 0 Å². The molecule has 0 fully saturated rings. The van der Waals surface area contributed by atoms with Crippen LogP contribution in [0.5, 0.6) is 5.75 Å². The molecule has 26 heavy (non-hydrogen) atoms. The number of rotatable bonds is 9. The molecular formula is C18H28N2O5S. The van der Waals surface area contributed by atoms with Crippen molar-refractivity contribution in [1.82, 2.24) is 9.37 Å². The number of sulfonamides is 1. The lowest BCUT2D eigenvalue weighted by Gasteiger charge is -2.33. The van der Waals surface area contributed by atoms with Crippen LogP contribution in [0.15, 0.2) is 18.2 Å². The van der Waals surface area contributed by atoms with Crippen LogP contribution in [0.4, 0.5) is 0 Å². The van der Waals surface area contributed by atoms with Crippen LogP contribution in [0.3, 0.4) is 0 Å². The number of hydrogen-bond acceptors (Lipinski definition) is 5. The van der Waals surface area contributed by atoms with Gasteiger partial charge in [-0.05, 0) is 35.6 Å². The molecule has 0 aromatic heterocycles. The van der Waals surface area contributed by atoms with Crippen molar-refractivity contribution in [2.45, 2.75) is 45.7 Å². The summed E-state index contributed by atoms with van der Waals surface area (Å²) in [6, 6.07) is 4.95. The van der Waals surface area contributed by atoms with E-state index < -0.39 is 16.1 Å². The lowest BCUT2D eigenvalue weighted by Crippen LogP contribution is -2.47. The van der Waals surface area contributed by atoms with Gasteiger partial charge in [-0.15, -0.1) is 0 Å². The largest absolute Gasteiger partial charge is 0.497 e. The molecule has 0 saturated carbocycles. The van der Waals surface area contributed by atoms with Gasteiger partial charge in [0.2, 0.25) is 16.4 Å². The number of amides is 1. The summed E-state index contributed by atoms with van der Waals surface area (Å²) >= 11 is 0. The maximum atomic E-state index is 13.0. The van der Waals surface area contributed by atoms with Gasteiger partial charge in [-0.3, -0.25) is 10.0 Å².